The second-order valence-corrected chi connectivity index (χ2v) is 3.47. The van der Waals surface area contributed by atoms with E-state index in [2.05, 4.69) is 4.98 Å². The van der Waals surface area contributed by atoms with Crippen LogP contribution in [0.2, 0.25) is 0 Å². The van der Waals surface area contributed by atoms with Gasteiger partial charge in [-0.15, -0.1) is 0 Å². The third-order valence-corrected chi connectivity index (χ3v) is 2.05. The highest BCUT2D eigenvalue weighted by Gasteiger charge is 2.15. The Morgan fingerprint density at radius 1 is 1.65 bits per heavy atom. The van der Waals surface area contributed by atoms with Gasteiger partial charge in [0.05, 0.1) is 12.2 Å². The van der Waals surface area contributed by atoms with Gasteiger partial charge in [-0.05, 0) is 19.9 Å². The second-order valence-electron chi connectivity index (χ2n) is 3.47. The third kappa shape index (κ3) is 3.60. The van der Waals surface area contributed by atoms with Crippen LogP contribution in [0, 0.1) is 0 Å². The fourth-order valence-electron chi connectivity index (χ4n) is 1.24. The Balaban J connectivity index is 2.77. The van der Waals surface area contributed by atoms with Gasteiger partial charge >= 0.3 is 5.97 Å². The first-order valence-electron chi connectivity index (χ1n) is 5.28. The number of aromatic nitrogens is 1. The van der Waals surface area contributed by atoms with Crippen molar-refractivity contribution in [1.29, 1.82) is 0 Å². The highest BCUT2D eigenvalue weighted by atomic mass is 16.5. The summed E-state index contributed by atoms with van der Waals surface area (Å²) in [5.41, 5.74) is 5.67. The number of carboxylic acids is 1. The first kappa shape index (κ1) is 13.2. The monoisotopic (exact) mass is 240 g/mol. The summed E-state index contributed by atoms with van der Waals surface area (Å²) in [6.45, 7) is 4.66. The number of nitrogen functional groups attached to an aromatic ring is 1. The van der Waals surface area contributed by atoms with Crippen molar-refractivity contribution in [2.45, 2.75) is 20.0 Å². The van der Waals surface area contributed by atoms with E-state index in [1.54, 1.807) is 6.92 Å². The molecule has 0 fully saturated rings. The number of anilines is 1. The van der Waals surface area contributed by atoms with E-state index in [-0.39, 0.29) is 23.2 Å². The fraction of sp³-hybridized carbons (Fsp3) is 0.455. The highest BCUT2D eigenvalue weighted by molar-refractivity contribution is 5.94. The summed E-state index contributed by atoms with van der Waals surface area (Å²) < 4.78 is 10.6. The smallest absolute Gasteiger partial charge is 0.338 e. The van der Waals surface area contributed by atoms with E-state index in [1.165, 1.54) is 12.3 Å². The molecular weight excluding hydrogens is 224 g/mol. The minimum Gasteiger partial charge on any atom is -0.478 e. The van der Waals surface area contributed by atoms with Crippen LogP contribution in [0.25, 0.3) is 0 Å². The van der Waals surface area contributed by atoms with Crippen molar-refractivity contribution < 1.29 is 19.4 Å². The number of nitrogens with two attached hydrogens (primary N) is 1. The van der Waals surface area contributed by atoms with Crippen LogP contribution in [0.15, 0.2) is 12.3 Å². The van der Waals surface area contributed by atoms with Crippen LogP contribution >= 0.6 is 0 Å². The number of nitrogens with zero attached hydrogens (tertiary/aromatic N) is 1. The summed E-state index contributed by atoms with van der Waals surface area (Å²) in [5, 5.41) is 8.88. The number of ether oxygens (including phenoxy) is 2. The minimum absolute atomic E-state index is 0.0152. The number of hydrogen-bond donors (Lipinski definition) is 2. The van der Waals surface area contributed by atoms with Crippen molar-refractivity contribution in [2.24, 2.45) is 0 Å². The molecule has 0 aliphatic heterocycles. The molecule has 1 unspecified atom stereocenters. The van der Waals surface area contributed by atoms with Crippen molar-refractivity contribution in [3.63, 3.8) is 0 Å². The first-order chi connectivity index (χ1) is 8.06. The molecule has 0 aromatic carbocycles. The summed E-state index contributed by atoms with van der Waals surface area (Å²) >= 11 is 0. The fourth-order valence-corrected chi connectivity index (χ4v) is 1.24. The molecule has 3 N–H and O–H groups in total. The Morgan fingerprint density at radius 3 is 2.94 bits per heavy atom. The molecule has 1 rings (SSSR count). The lowest BCUT2D eigenvalue weighted by molar-refractivity contribution is 0.0632. The van der Waals surface area contributed by atoms with E-state index in [0.717, 1.165) is 0 Å². The molecule has 1 atom stereocenters. The largest absolute Gasteiger partial charge is 0.478 e. The molecule has 17 heavy (non-hydrogen) atoms. The molecule has 94 valence electrons. The van der Waals surface area contributed by atoms with Crippen LogP contribution < -0.4 is 10.5 Å². The molecule has 0 saturated carbocycles. The Hall–Kier alpha value is -1.82. The average molecular weight is 240 g/mol. The summed E-state index contributed by atoms with van der Waals surface area (Å²) in [7, 11) is 0. The lowest BCUT2D eigenvalue weighted by Gasteiger charge is -2.15. The number of carboxylic acid groups (broad SMARTS) is 1. The summed E-state index contributed by atoms with van der Waals surface area (Å²) in [4.78, 5) is 14.7. The van der Waals surface area contributed by atoms with Crippen LogP contribution in [0.3, 0.4) is 0 Å². The SMILES string of the molecule is CCOCC(C)Oc1nccc(C(=O)O)c1N. The van der Waals surface area contributed by atoms with Crippen LogP contribution in [0.4, 0.5) is 5.69 Å². The van der Waals surface area contributed by atoms with Crippen molar-refractivity contribution in [1.82, 2.24) is 4.98 Å². The standard InChI is InChI=1S/C11H16N2O4/c1-3-16-6-7(2)17-10-9(12)8(11(14)15)4-5-13-10/h4-5,7H,3,6,12H2,1-2H3,(H,14,15). The maximum absolute atomic E-state index is 10.8. The van der Waals surface area contributed by atoms with E-state index >= 15 is 0 Å². The zero-order valence-electron chi connectivity index (χ0n) is 9.84. The number of aromatic carboxylic acids is 1. The first-order valence-corrected chi connectivity index (χ1v) is 5.28. The summed E-state index contributed by atoms with van der Waals surface area (Å²) in [5.74, 6) is -0.982. The van der Waals surface area contributed by atoms with Gasteiger partial charge in [-0.2, -0.15) is 0 Å². The molecule has 0 bridgehead atoms. The Bertz CT molecular complexity index is 395. The van der Waals surface area contributed by atoms with Crippen molar-refractivity contribution >= 4 is 11.7 Å². The van der Waals surface area contributed by atoms with Gasteiger partial charge in [-0.1, -0.05) is 0 Å². The lowest BCUT2D eigenvalue weighted by Crippen LogP contribution is -2.20. The van der Waals surface area contributed by atoms with Gasteiger partial charge in [-0.3, -0.25) is 0 Å². The molecular formula is C11H16N2O4. The van der Waals surface area contributed by atoms with Gasteiger partial charge in [0.2, 0.25) is 5.88 Å². The van der Waals surface area contributed by atoms with E-state index in [4.69, 9.17) is 20.3 Å². The summed E-state index contributed by atoms with van der Waals surface area (Å²) in [6.07, 6.45) is 1.11. The van der Waals surface area contributed by atoms with Crippen LogP contribution in [0.1, 0.15) is 24.2 Å². The molecule has 1 aromatic heterocycles. The molecule has 1 aromatic rings. The number of pyridine rings is 1. The molecule has 0 radical (unpaired) electrons. The van der Waals surface area contributed by atoms with Crippen molar-refractivity contribution in [3.8, 4) is 5.88 Å². The predicted molar refractivity (Wildman–Crippen MR) is 62.2 cm³/mol. The predicted octanol–water partition coefficient (Wildman–Crippen LogP) is 1.17. The molecule has 6 nitrogen and oxygen atoms in total. The maximum atomic E-state index is 10.8. The van der Waals surface area contributed by atoms with E-state index in [9.17, 15) is 4.79 Å². The zero-order valence-corrected chi connectivity index (χ0v) is 9.84. The third-order valence-electron chi connectivity index (χ3n) is 2.05. The Labute approximate surface area is 99.4 Å². The maximum Gasteiger partial charge on any atom is 0.338 e. The van der Waals surface area contributed by atoms with Gasteiger partial charge in [0.25, 0.3) is 0 Å². The topological polar surface area (TPSA) is 94.7 Å². The Morgan fingerprint density at radius 2 is 2.35 bits per heavy atom. The van der Waals surface area contributed by atoms with Gasteiger partial charge in [0.1, 0.15) is 11.8 Å². The van der Waals surface area contributed by atoms with Crippen molar-refractivity contribution in [2.75, 3.05) is 18.9 Å². The number of hydrogen-bond acceptors (Lipinski definition) is 5. The van der Waals surface area contributed by atoms with Crippen LogP contribution in [0.5, 0.6) is 5.88 Å². The lowest BCUT2D eigenvalue weighted by atomic mass is 10.2. The molecule has 0 aliphatic carbocycles. The van der Waals surface area contributed by atoms with Crippen molar-refractivity contribution in [3.05, 3.63) is 17.8 Å². The van der Waals surface area contributed by atoms with E-state index < -0.39 is 5.97 Å². The second kappa shape index (κ2) is 6.05. The quantitative estimate of drug-likeness (QED) is 0.775. The van der Waals surface area contributed by atoms with Crippen LogP contribution in [-0.2, 0) is 4.74 Å². The van der Waals surface area contributed by atoms with Gasteiger partial charge in [-0.25, -0.2) is 9.78 Å². The molecule has 0 amide bonds. The van der Waals surface area contributed by atoms with E-state index in [0.29, 0.717) is 13.2 Å². The molecule has 6 heteroatoms. The Kier molecular flexibility index (Phi) is 4.71. The summed E-state index contributed by atoms with van der Waals surface area (Å²) in [6, 6.07) is 1.33. The number of rotatable bonds is 6. The molecule has 1 heterocycles. The molecule has 0 saturated heterocycles. The van der Waals surface area contributed by atoms with Gasteiger partial charge in [0, 0.05) is 12.8 Å². The molecule has 0 aliphatic rings. The van der Waals surface area contributed by atoms with Gasteiger partial charge < -0.3 is 20.3 Å². The van der Waals surface area contributed by atoms with Gasteiger partial charge in [0.15, 0.2) is 0 Å². The van der Waals surface area contributed by atoms with E-state index in [1.807, 2.05) is 6.92 Å². The normalized spacial score (nSPS) is 12.1. The number of carbonyl (C=O) groups is 1. The zero-order chi connectivity index (χ0) is 12.8. The van der Waals surface area contributed by atoms with Crippen LogP contribution in [-0.4, -0.2) is 35.4 Å². The minimum atomic E-state index is -1.10. The highest BCUT2D eigenvalue weighted by Crippen LogP contribution is 2.23. The average Bonchev–Trinajstić information content (AvgIpc) is 2.28. The molecule has 0 spiro atoms.